The van der Waals surface area contributed by atoms with Crippen LogP contribution >= 0.6 is 0 Å². The number of benzene rings is 2. The van der Waals surface area contributed by atoms with Crippen LogP contribution in [-0.4, -0.2) is 44.2 Å². The highest BCUT2D eigenvalue weighted by Crippen LogP contribution is 2.42. The zero-order valence-electron chi connectivity index (χ0n) is 23.2. The predicted octanol–water partition coefficient (Wildman–Crippen LogP) is 6.88. The zero-order chi connectivity index (χ0) is 27.5. The fourth-order valence-electron chi connectivity index (χ4n) is 5.13. The van der Waals surface area contributed by atoms with Gasteiger partial charge < -0.3 is 14.8 Å². The molecule has 0 amide bonds. The maximum Gasteiger partial charge on any atom is 0.305 e. The van der Waals surface area contributed by atoms with Crippen molar-refractivity contribution in [3.8, 4) is 5.75 Å². The fraction of sp³-hybridized carbons (Fsp3) is 0.438. The number of nitrogens with zero attached hydrogens (tertiary/aromatic N) is 3. The van der Waals surface area contributed by atoms with Crippen LogP contribution in [0, 0.1) is 0 Å². The first-order chi connectivity index (χ1) is 19.0. The van der Waals surface area contributed by atoms with Gasteiger partial charge in [-0.3, -0.25) is 4.79 Å². The highest BCUT2D eigenvalue weighted by molar-refractivity contribution is 6.00. The lowest BCUT2D eigenvalue weighted by Gasteiger charge is -2.40. The number of piperidine rings is 1. The molecule has 1 spiro atoms. The smallest absolute Gasteiger partial charge is 0.305 e. The quantitative estimate of drug-likeness (QED) is 0.113. The van der Waals surface area contributed by atoms with E-state index in [0.29, 0.717) is 18.9 Å². The van der Waals surface area contributed by atoms with Crippen molar-refractivity contribution in [2.75, 3.05) is 26.7 Å². The highest BCUT2D eigenvalue weighted by Gasteiger charge is 2.36. The van der Waals surface area contributed by atoms with E-state index in [1.165, 1.54) is 5.57 Å². The molecule has 0 bridgehead atoms. The molecule has 1 saturated heterocycles. The summed E-state index contributed by atoms with van der Waals surface area (Å²) in [4.78, 5) is 16.2. The summed E-state index contributed by atoms with van der Waals surface area (Å²) in [5.74, 6) is 1.39. The van der Waals surface area contributed by atoms with Crippen molar-refractivity contribution in [3.05, 3.63) is 83.6 Å². The third-order valence-electron chi connectivity index (χ3n) is 7.16. The van der Waals surface area contributed by atoms with Gasteiger partial charge in [0.2, 0.25) is 0 Å². The number of unbranched alkanes of at least 4 members (excludes halogenated alkanes) is 3. The van der Waals surface area contributed by atoms with E-state index in [1.807, 2.05) is 13.0 Å². The van der Waals surface area contributed by atoms with E-state index in [4.69, 9.17) is 14.5 Å². The average molecular weight is 529 g/mol. The molecular formula is C32H40N4O3. The monoisotopic (exact) mass is 528 g/mol. The van der Waals surface area contributed by atoms with Gasteiger partial charge in [0.25, 0.3) is 0 Å². The molecule has 7 heteroatoms. The molecular weight excluding hydrogens is 488 g/mol. The minimum atomic E-state index is -0.271. The molecule has 0 radical (unpaired) electrons. The van der Waals surface area contributed by atoms with Crippen molar-refractivity contribution >= 4 is 17.4 Å². The number of nitrogens with one attached hydrogen (secondary N) is 1. The average Bonchev–Trinajstić information content (AvgIpc) is 2.95. The van der Waals surface area contributed by atoms with Crippen molar-refractivity contribution in [2.45, 2.75) is 63.9 Å². The first kappa shape index (κ1) is 28.4. The summed E-state index contributed by atoms with van der Waals surface area (Å²) in [5, 5.41) is 11.7. The second kappa shape index (κ2) is 14.0. The molecule has 7 nitrogen and oxygen atoms in total. The summed E-state index contributed by atoms with van der Waals surface area (Å²) in [6.45, 7) is 8.31. The molecule has 1 fully saturated rings. The number of carbonyl (C=O) groups is 1. The molecule has 2 aromatic rings. The maximum absolute atomic E-state index is 11.5. The Morgan fingerprint density at radius 2 is 1.74 bits per heavy atom. The molecule has 2 heterocycles. The first-order valence-electron chi connectivity index (χ1n) is 14.1. The normalized spacial score (nSPS) is 16.5. The van der Waals surface area contributed by atoms with Crippen LogP contribution in [0.15, 0.2) is 82.1 Å². The summed E-state index contributed by atoms with van der Waals surface area (Å²) in [6.07, 6.45) is 9.30. The van der Waals surface area contributed by atoms with Gasteiger partial charge >= 0.3 is 5.97 Å². The minimum absolute atomic E-state index is 0.116. The van der Waals surface area contributed by atoms with Gasteiger partial charge in [0.15, 0.2) is 5.84 Å². The van der Waals surface area contributed by atoms with Gasteiger partial charge in [0, 0.05) is 43.1 Å². The Bertz CT molecular complexity index is 1220. The van der Waals surface area contributed by atoms with E-state index in [-0.39, 0.29) is 11.6 Å². The molecule has 0 aliphatic carbocycles. The molecule has 1 N–H and O–H groups in total. The second-order valence-electron chi connectivity index (χ2n) is 10.1. The number of ether oxygens (including phenoxy) is 2. The van der Waals surface area contributed by atoms with Crippen molar-refractivity contribution in [3.63, 3.8) is 0 Å². The van der Waals surface area contributed by atoms with Crippen molar-refractivity contribution in [1.82, 2.24) is 5.32 Å². The summed E-state index contributed by atoms with van der Waals surface area (Å²) < 4.78 is 11.5. The molecule has 0 unspecified atom stereocenters. The lowest BCUT2D eigenvalue weighted by molar-refractivity contribution is -0.143. The summed E-state index contributed by atoms with van der Waals surface area (Å²) in [5.41, 5.74) is 4.87. The Hall–Kier alpha value is -3.58. The van der Waals surface area contributed by atoms with E-state index in [1.54, 1.807) is 7.05 Å². The number of esters is 1. The Morgan fingerprint density at radius 3 is 2.46 bits per heavy atom. The third-order valence-corrected chi connectivity index (χ3v) is 7.16. The summed E-state index contributed by atoms with van der Waals surface area (Å²) >= 11 is 0. The number of fused-ring (bicyclic) bond motifs is 1. The maximum atomic E-state index is 11.5. The van der Waals surface area contributed by atoms with Crippen LogP contribution < -0.4 is 10.1 Å². The topological polar surface area (TPSA) is 84.6 Å². The van der Waals surface area contributed by atoms with Crippen molar-refractivity contribution in [2.24, 2.45) is 15.2 Å². The Balaban J connectivity index is 1.43. The van der Waals surface area contributed by atoms with Crippen LogP contribution in [-0.2, 0) is 9.53 Å². The van der Waals surface area contributed by atoms with Crippen LogP contribution in [0.2, 0.25) is 0 Å². The number of aliphatic imine (C=N–C) groups is 1. The van der Waals surface area contributed by atoms with E-state index in [9.17, 15) is 4.79 Å². The summed E-state index contributed by atoms with van der Waals surface area (Å²) in [7, 11) is 1.65. The van der Waals surface area contributed by atoms with Gasteiger partial charge in [-0.1, -0.05) is 61.9 Å². The van der Waals surface area contributed by atoms with Gasteiger partial charge in [-0.15, -0.1) is 5.11 Å². The Kier molecular flexibility index (Phi) is 10.2. The largest absolute Gasteiger partial charge is 0.482 e. The fourth-order valence-corrected chi connectivity index (χ4v) is 5.13. The number of para-hydroxylation sites is 1. The standard InChI is InChI=1S/C32H40N4O3/c1-4-38-30(37)14-8-6-5-7-11-24(2)35-31(36-33-3)26-17-15-25(16-18-26)28-23-32(19-21-34-22-20-32)39-29-13-10-9-12-27(28)29/h9-10,12-13,15-18,23,34H,2,4-8,11,14,19-22H2,1,3H3. The molecule has 2 aromatic carbocycles. The van der Waals surface area contributed by atoms with Crippen LogP contribution in [0.3, 0.4) is 0 Å². The number of allylic oxidation sites excluding steroid dienone is 1. The van der Waals surface area contributed by atoms with Gasteiger partial charge in [-0.25, -0.2) is 4.99 Å². The number of amidine groups is 1. The van der Waals surface area contributed by atoms with Gasteiger partial charge in [0.1, 0.15) is 11.4 Å². The van der Waals surface area contributed by atoms with Crippen LogP contribution in [0.25, 0.3) is 5.57 Å². The lowest BCUT2D eigenvalue weighted by atomic mass is 9.83. The van der Waals surface area contributed by atoms with Crippen LogP contribution in [0.1, 0.15) is 75.0 Å². The van der Waals surface area contributed by atoms with E-state index < -0.39 is 0 Å². The molecule has 0 saturated carbocycles. The van der Waals surface area contributed by atoms with Crippen LogP contribution in [0.4, 0.5) is 0 Å². The van der Waals surface area contributed by atoms with E-state index >= 15 is 0 Å². The van der Waals surface area contributed by atoms with Crippen LogP contribution in [0.5, 0.6) is 5.75 Å². The molecule has 0 atom stereocenters. The molecule has 2 aliphatic rings. The SMILES string of the molecule is C=C(CCCCCCC(=O)OCC)N=C(N=NC)c1ccc(C2=CC3(CCNCC3)Oc3ccccc32)cc1. The second-order valence-corrected chi connectivity index (χ2v) is 10.1. The lowest BCUT2D eigenvalue weighted by Crippen LogP contribution is -2.46. The molecule has 39 heavy (non-hydrogen) atoms. The van der Waals surface area contributed by atoms with Gasteiger partial charge in [-0.2, -0.15) is 5.11 Å². The number of carbonyl (C=O) groups excluding carboxylic acids is 1. The number of rotatable bonds is 11. The predicted molar refractivity (Wildman–Crippen MR) is 156 cm³/mol. The Morgan fingerprint density at radius 1 is 1.03 bits per heavy atom. The van der Waals surface area contributed by atoms with E-state index in [0.717, 1.165) is 86.2 Å². The van der Waals surface area contributed by atoms with Crippen molar-refractivity contribution < 1.29 is 14.3 Å². The molecule has 206 valence electrons. The van der Waals surface area contributed by atoms with E-state index in [2.05, 4.69) is 70.7 Å². The van der Waals surface area contributed by atoms with Crippen molar-refractivity contribution in [1.29, 1.82) is 0 Å². The molecule has 4 rings (SSSR count). The summed E-state index contributed by atoms with van der Waals surface area (Å²) in [6, 6.07) is 16.7. The zero-order valence-corrected chi connectivity index (χ0v) is 23.2. The Labute approximate surface area is 232 Å². The molecule has 2 aliphatic heterocycles. The third kappa shape index (κ3) is 7.73. The minimum Gasteiger partial charge on any atom is -0.482 e. The first-order valence-corrected chi connectivity index (χ1v) is 14.1. The highest BCUT2D eigenvalue weighted by atomic mass is 16.5. The molecule has 0 aromatic heterocycles. The number of hydrogen-bond acceptors (Lipinski definition) is 6. The number of azo groups is 1. The number of hydrogen-bond donors (Lipinski definition) is 1. The van der Waals surface area contributed by atoms with Gasteiger partial charge in [0.05, 0.1) is 6.61 Å². The van der Waals surface area contributed by atoms with Gasteiger partial charge in [-0.05, 0) is 62.6 Å².